The van der Waals surface area contributed by atoms with Crippen molar-refractivity contribution >= 4 is 0 Å². The van der Waals surface area contributed by atoms with Crippen LogP contribution in [0.2, 0.25) is 0 Å². The van der Waals surface area contributed by atoms with Crippen molar-refractivity contribution in [2.75, 3.05) is 0 Å². The highest BCUT2D eigenvalue weighted by Gasteiger charge is 2.08. The van der Waals surface area contributed by atoms with Gasteiger partial charge in [-0.25, -0.2) is 0 Å². The second-order valence-electron chi connectivity index (χ2n) is 12.4. The van der Waals surface area contributed by atoms with Gasteiger partial charge in [0, 0.05) is 0 Å². The van der Waals surface area contributed by atoms with E-state index in [0.717, 1.165) is 5.92 Å². The predicted molar refractivity (Wildman–Crippen MR) is 168 cm³/mol. The van der Waals surface area contributed by atoms with Crippen molar-refractivity contribution in [3.8, 4) is 0 Å². The largest absolute Gasteiger partial charge is 0.0654 e. The molecule has 0 nitrogen and oxygen atoms in total. The smallest absolute Gasteiger partial charge is 0.0414 e. The third-order valence-electron chi connectivity index (χ3n) is 8.65. The highest BCUT2D eigenvalue weighted by Crippen LogP contribution is 2.24. The van der Waals surface area contributed by atoms with Gasteiger partial charge in [0.15, 0.2) is 0 Å². The monoisotopic (exact) mass is 507 g/mol. The molecule has 0 aliphatic rings. The molecule has 0 fully saturated rings. The number of hydrogen-bond donors (Lipinski definition) is 0. The van der Waals surface area contributed by atoms with E-state index >= 15 is 0 Å². The Morgan fingerprint density at radius 3 is 0.611 bits per heavy atom. The Bertz CT molecular complexity index is 359. The van der Waals surface area contributed by atoms with Crippen LogP contribution in [0, 0.1) is 5.92 Å². The third-order valence-corrected chi connectivity index (χ3v) is 8.65. The van der Waals surface area contributed by atoms with Crippen LogP contribution in [-0.4, -0.2) is 0 Å². The summed E-state index contributed by atoms with van der Waals surface area (Å²) in [5, 5.41) is 0. The summed E-state index contributed by atoms with van der Waals surface area (Å²) in [6.45, 7) is 6.98. The van der Waals surface area contributed by atoms with E-state index in [4.69, 9.17) is 0 Å². The SMILES string of the molecule is CCCCCCCCCCCCCCCCCCCCCC(CCCCCC)CCCCCCCC. The quantitative estimate of drug-likeness (QED) is 0.0795. The lowest BCUT2D eigenvalue weighted by atomic mass is 9.89. The summed E-state index contributed by atoms with van der Waals surface area (Å²) >= 11 is 0. The minimum atomic E-state index is 1.04. The lowest BCUT2D eigenvalue weighted by molar-refractivity contribution is 0.366. The van der Waals surface area contributed by atoms with E-state index < -0.39 is 0 Å². The predicted octanol–water partition coefficient (Wildman–Crippen LogP) is 14.1. The molecular formula is C36H74. The highest BCUT2D eigenvalue weighted by molar-refractivity contribution is 4.62. The first-order valence-corrected chi connectivity index (χ1v) is 17.8. The first-order valence-electron chi connectivity index (χ1n) is 17.8. The van der Waals surface area contributed by atoms with Gasteiger partial charge in [0.25, 0.3) is 0 Å². The molecule has 0 rings (SSSR count). The molecule has 0 heteroatoms. The minimum Gasteiger partial charge on any atom is -0.0654 e. The van der Waals surface area contributed by atoms with Crippen molar-refractivity contribution in [3.63, 3.8) is 0 Å². The van der Waals surface area contributed by atoms with Crippen molar-refractivity contribution in [1.82, 2.24) is 0 Å². The second kappa shape index (κ2) is 33.0. The van der Waals surface area contributed by atoms with E-state index in [0.29, 0.717) is 0 Å². The second-order valence-corrected chi connectivity index (χ2v) is 12.4. The maximum atomic E-state index is 2.34. The van der Waals surface area contributed by atoms with E-state index in [9.17, 15) is 0 Å². The van der Waals surface area contributed by atoms with Gasteiger partial charge in [-0.15, -0.1) is 0 Å². The maximum Gasteiger partial charge on any atom is -0.0414 e. The van der Waals surface area contributed by atoms with Gasteiger partial charge >= 0.3 is 0 Å². The Morgan fingerprint density at radius 2 is 0.389 bits per heavy atom. The number of unbranched alkanes of at least 4 members (excludes halogenated alkanes) is 26. The molecule has 0 aromatic carbocycles. The summed E-state index contributed by atoms with van der Waals surface area (Å²) < 4.78 is 0. The molecule has 0 N–H and O–H groups in total. The van der Waals surface area contributed by atoms with Crippen molar-refractivity contribution in [1.29, 1.82) is 0 Å². The fourth-order valence-electron chi connectivity index (χ4n) is 6.02. The van der Waals surface area contributed by atoms with E-state index in [1.54, 1.807) is 0 Å². The Kier molecular flexibility index (Phi) is 33.0. The van der Waals surface area contributed by atoms with Crippen molar-refractivity contribution < 1.29 is 0 Å². The van der Waals surface area contributed by atoms with Crippen LogP contribution < -0.4 is 0 Å². The lowest BCUT2D eigenvalue weighted by Crippen LogP contribution is -2.01. The van der Waals surface area contributed by atoms with Crippen LogP contribution in [0.25, 0.3) is 0 Å². The van der Waals surface area contributed by atoms with E-state index in [1.165, 1.54) is 205 Å². The molecule has 0 radical (unpaired) electrons. The van der Waals surface area contributed by atoms with E-state index in [-0.39, 0.29) is 0 Å². The van der Waals surface area contributed by atoms with Gasteiger partial charge in [-0.3, -0.25) is 0 Å². The van der Waals surface area contributed by atoms with E-state index in [2.05, 4.69) is 20.8 Å². The zero-order chi connectivity index (χ0) is 26.2. The Balaban J connectivity index is 3.47. The molecule has 1 unspecified atom stereocenters. The summed E-state index contributed by atoms with van der Waals surface area (Å²) in [7, 11) is 0. The molecule has 218 valence electrons. The molecule has 0 amide bonds. The fourth-order valence-corrected chi connectivity index (χ4v) is 6.02. The zero-order valence-corrected chi connectivity index (χ0v) is 26.2. The molecule has 1 atom stereocenters. The van der Waals surface area contributed by atoms with Gasteiger partial charge < -0.3 is 0 Å². The molecular weight excluding hydrogens is 432 g/mol. The number of rotatable bonds is 32. The lowest BCUT2D eigenvalue weighted by Gasteiger charge is -2.17. The first kappa shape index (κ1) is 36.0. The number of hydrogen-bond acceptors (Lipinski definition) is 0. The van der Waals surface area contributed by atoms with Crippen LogP contribution in [0.5, 0.6) is 0 Å². The molecule has 0 spiro atoms. The summed E-state index contributed by atoms with van der Waals surface area (Å²) in [5.41, 5.74) is 0. The topological polar surface area (TPSA) is 0 Å². The highest BCUT2D eigenvalue weighted by atomic mass is 14.1. The van der Waals surface area contributed by atoms with Crippen LogP contribution in [0.3, 0.4) is 0 Å². The standard InChI is InChI=1S/C36H74/c1-4-7-10-13-15-16-17-18-19-20-21-22-23-24-25-26-27-29-32-35-36(33-30-12-9-6-3)34-31-28-14-11-8-5-2/h36H,4-35H2,1-3H3. The molecule has 0 saturated carbocycles. The van der Waals surface area contributed by atoms with Crippen molar-refractivity contribution in [2.45, 2.75) is 226 Å². The van der Waals surface area contributed by atoms with Gasteiger partial charge in [-0.05, 0) is 5.92 Å². The Hall–Kier alpha value is 0. The fraction of sp³-hybridized carbons (Fsp3) is 1.00. The molecule has 0 bridgehead atoms. The molecule has 36 heavy (non-hydrogen) atoms. The van der Waals surface area contributed by atoms with Gasteiger partial charge in [-0.2, -0.15) is 0 Å². The zero-order valence-electron chi connectivity index (χ0n) is 26.2. The van der Waals surface area contributed by atoms with Crippen molar-refractivity contribution in [3.05, 3.63) is 0 Å². The van der Waals surface area contributed by atoms with Crippen LogP contribution in [0.4, 0.5) is 0 Å². The summed E-state index contributed by atoms with van der Waals surface area (Å²) in [4.78, 5) is 0. The van der Waals surface area contributed by atoms with Crippen LogP contribution >= 0.6 is 0 Å². The molecule has 0 saturated heterocycles. The maximum absolute atomic E-state index is 2.34. The molecule has 0 aromatic heterocycles. The molecule has 0 heterocycles. The molecule has 0 aliphatic carbocycles. The summed E-state index contributed by atoms with van der Waals surface area (Å²) in [6.07, 6.45) is 47.3. The first-order chi connectivity index (χ1) is 17.8. The molecule has 0 aliphatic heterocycles. The average molecular weight is 507 g/mol. The Labute approximate surface area is 232 Å². The van der Waals surface area contributed by atoms with Gasteiger partial charge in [0.2, 0.25) is 0 Å². The van der Waals surface area contributed by atoms with Crippen molar-refractivity contribution in [2.24, 2.45) is 5.92 Å². The summed E-state index contributed by atoms with van der Waals surface area (Å²) in [6, 6.07) is 0. The van der Waals surface area contributed by atoms with Crippen LogP contribution in [0.15, 0.2) is 0 Å². The normalized spacial score (nSPS) is 12.4. The van der Waals surface area contributed by atoms with Gasteiger partial charge in [0.05, 0.1) is 0 Å². The average Bonchev–Trinajstić information content (AvgIpc) is 2.89. The van der Waals surface area contributed by atoms with Gasteiger partial charge in [-0.1, -0.05) is 226 Å². The molecule has 0 aromatic rings. The third kappa shape index (κ3) is 30.2. The van der Waals surface area contributed by atoms with Crippen LogP contribution in [-0.2, 0) is 0 Å². The Morgan fingerprint density at radius 1 is 0.222 bits per heavy atom. The van der Waals surface area contributed by atoms with Gasteiger partial charge in [0.1, 0.15) is 0 Å². The summed E-state index contributed by atoms with van der Waals surface area (Å²) in [5.74, 6) is 1.04. The van der Waals surface area contributed by atoms with E-state index in [1.807, 2.05) is 0 Å². The minimum absolute atomic E-state index is 1.04. The van der Waals surface area contributed by atoms with Crippen LogP contribution in [0.1, 0.15) is 226 Å².